The molecule has 1 aromatic rings. The van der Waals surface area contributed by atoms with Crippen LogP contribution in [0.15, 0.2) is 18.2 Å². The molecule has 0 unspecified atom stereocenters. The summed E-state index contributed by atoms with van der Waals surface area (Å²) in [6.45, 7) is 4.79. The number of halogens is 2. The maximum absolute atomic E-state index is 13.6. The van der Waals surface area contributed by atoms with E-state index in [9.17, 15) is 18.4 Å². The quantitative estimate of drug-likeness (QED) is 0.896. The predicted octanol–water partition coefficient (Wildman–Crippen LogP) is 2.62. The summed E-state index contributed by atoms with van der Waals surface area (Å²) in [5, 5.41) is 11.1. The number of carboxylic acids is 1. The number of rotatable bonds is 3. The molecule has 1 amide bonds. The van der Waals surface area contributed by atoms with Crippen LogP contribution in [0.4, 0.5) is 13.6 Å². The third kappa shape index (κ3) is 4.49. The highest BCUT2D eigenvalue weighted by molar-refractivity contribution is 5.81. The first-order valence-electron chi connectivity index (χ1n) is 5.77. The highest BCUT2D eigenvalue weighted by Crippen LogP contribution is 2.19. The van der Waals surface area contributed by atoms with Crippen molar-refractivity contribution >= 4 is 12.1 Å². The monoisotopic (exact) mass is 287 g/mol. The summed E-state index contributed by atoms with van der Waals surface area (Å²) in [7, 11) is 0. The summed E-state index contributed by atoms with van der Waals surface area (Å²) in [5.41, 5.74) is -1.18. The second-order valence-electron chi connectivity index (χ2n) is 5.08. The Morgan fingerprint density at radius 1 is 1.30 bits per heavy atom. The Labute approximate surface area is 114 Å². The van der Waals surface area contributed by atoms with Gasteiger partial charge in [0.05, 0.1) is 0 Å². The van der Waals surface area contributed by atoms with Crippen molar-refractivity contribution in [2.24, 2.45) is 0 Å². The van der Waals surface area contributed by atoms with Gasteiger partial charge in [-0.25, -0.2) is 18.4 Å². The predicted molar refractivity (Wildman–Crippen MR) is 66.1 cm³/mol. The molecule has 2 N–H and O–H groups in total. The molecule has 0 aliphatic heterocycles. The lowest BCUT2D eigenvalue weighted by atomic mass is 10.1. The van der Waals surface area contributed by atoms with Crippen LogP contribution in [-0.2, 0) is 9.53 Å². The minimum absolute atomic E-state index is 0.357. The van der Waals surface area contributed by atoms with Crippen molar-refractivity contribution in [2.75, 3.05) is 0 Å². The van der Waals surface area contributed by atoms with Gasteiger partial charge in [-0.1, -0.05) is 6.07 Å². The molecule has 0 saturated carbocycles. The number of carbonyl (C=O) groups excluding carboxylic acids is 1. The first-order valence-corrected chi connectivity index (χ1v) is 5.77. The molecule has 0 aromatic heterocycles. The number of aliphatic carboxylic acids is 1. The van der Waals surface area contributed by atoms with E-state index in [1.807, 2.05) is 5.32 Å². The van der Waals surface area contributed by atoms with Gasteiger partial charge >= 0.3 is 12.1 Å². The van der Waals surface area contributed by atoms with E-state index in [0.717, 1.165) is 12.1 Å². The zero-order chi connectivity index (χ0) is 15.5. The lowest BCUT2D eigenvalue weighted by molar-refractivity contribution is -0.139. The Morgan fingerprint density at radius 3 is 2.35 bits per heavy atom. The van der Waals surface area contributed by atoms with Crippen LogP contribution in [0.5, 0.6) is 0 Å². The summed E-state index contributed by atoms with van der Waals surface area (Å²) in [4.78, 5) is 22.6. The van der Waals surface area contributed by atoms with Crippen LogP contribution in [0.3, 0.4) is 0 Å². The lowest BCUT2D eigenvalue weighted by Crippen LogP contribution is -2.38. The molecule has 20 heavy (non-hydrogen) atoms. The van der Waals surface area contributed by atoms with E-state index in [4.69, 9.17) is 9.84 Å². The second-order valence-corrected chi connectivity index (χ2v) is 5.08. The van der Waals surface area contributed by atoms with Gasteiger partial charge in [0.2, 0.25) is 0 Å². The van der Waals surface area contributed by atoms with Gasteiger partial charge in [0.25, 0.3) is 0 Å². The van der Waals surface area contributed by atoms with Gasteiger partial charge in [-0.2, -0.15) is 0 Å². The molecule has 0 radical (unpaired) electrons. The molecule has 0 saturated heterocycles. The van der Waals surface area contributed by atoms with Gasteiger partial charge < -0.3 is 15.2 Å². The fraction of sp³-hybridized carbons (Fsp3) is 0.385. The van der Waals surface area contributed by atoms with E-state index in [-0.39, 0.29) is 5.56 Å². The van der Waals surface area contributed by atoms with E-state index in [2.05, 4.69) is 0 Å². The lowest BCUT2D eigenvalue weighted by Gasteiger charge is -2.22. The van der Waals surface area contributed by atoms with Crippen molar-refractivity contribution in [3.05, 3.63) is 35.4 Å². The Balaban J connectivity index is 2.96. The highest BCUT2D eigenvalue weighted by Gasteiger charge is 2.27. The van der Waals surface area contributed by atoms with Gasteiger partial charge in [-0.15, -0.1) is 0 Å². The number of carboxylic acid groups (broad SMARTS) is 1. The number of amides is 1. The Kier molecular flexibility index (Phi) is 4.65. The molecule has 110 valence electrons. The summed E-state index contributed by atoms with van der Waals surface area (Å²) in [6, 6.07) is 0.749. The molecule has 0 fully saturated rings. The van der Waals surface area contributed by atoms with Gasteiger partial charge in [0, 0.05) is 11.6 Å². The summed E-state index contributed by atoms with van der Waals surface area (Å²) >= 11 is 0. The molecule has 1 atom stereocenters. The highest BCUT2D eigenvalue weighted by atomic mass is 19.1. The SMILES string of the molecule is CC(C)(C)OC(=O)N[C@H](C(=O)O)c1ccc(F)cc1F. The molecule has 0 aliphatic carbocycles. The number of hydrogen-bond acceptors (Lipinski definition) is 3. The maximum atomic E-state index is 13.6. The van der Waals surface area contributed by atoms with Crippen molar-refractivity contribution in [3.8, 4) is 0 Å². The van der Waals surface area contributed by atoms with Crippen LogP contribution < -0.4 is 5.32 Å². The minimum atomic E-state index is -1.66. The molecule has 0 aliphatic rings. The van der Waals surface area contributed by atoms with E-state index in [1.54, 1.807) is 20.8 Å². The van der Waals surface area contributed by atoms with Crippen LogP contribution in [-0.4, -0.2) is 22.8 Å². The fourth-order valence-corrected chi connectivity index (χ4v) is 1.43. The zero-order valence-electron chi connectivity index (χ0n) is 11.2. The molecule has 0 spiro atoms. The summed E-state index contributed by atoms with van der Waals surface area (Å²) < 4.78 is 31.2. The van der Waals surface area contributed by atoms with Crippen molar-refractivity contribution < 1.29 is 28.2 Å². The summed E-state index contributed by atoms with van der Waals surface area (Å²) in [6.07, 6.45) is -1.01. The summed E-state index contributed by atoms with van der Waals surface area (Å²) in [5.74, 6) is -3.39. The molecule has 0 heterocycles. The minimum Gasteiger partial charge on any atom is -0.479 e. The molecular formula is C13H15F2NO4. The van der Waals surface area contributed by atoms with Crippen LogP contribution in [0.2, 0.25) is 0 Å². The fourth-order valence-electron chi connectivity index (χ4n) is 1.43. The average molecular weight is 287 g/mol. The smallest absolute Gasteiger partial charge is 0.408 e. The van der Waals surface area contributed by atoms with E-state index < -0.39 is 35.3 Å². The van der Waals surface area contributed by atoms with Crippen molar-refractivity contribution in [1.29, 1.82) is 0 Å². The molecule has 5 nitrogen and oxygen atoms in total. The average Bonchev–Trinajstić information content (AvgIpc) is 2.23. The van der Waals surface area contributed by atoms with Crippen LogP contribution >= 0.6 is 0 Å². The largest absolute Gasteiger partial charge is 0.479 e. The molecule has 0 bridgehead atoms. The molecular weight excluding hydrogens is 272 g/mol. The number of ether oxygens (including phenoxy) is 1. The number of hydrogen-bond donors (Lipinski definition) is 2. The molecule has 1 aromatic carbocycles. The third-order valence-electron chi connectivity index (χ3n) is 2.18. The zero-order valence-corrected chi connectivity index (χ0v) is 11.2. The topological polar surface area (TPSA) is 75.6 Å². The third-order valence-corrected chi connectivity index (χ3v) is 2.18. The number of carbonyl (C=O) groups is 2. The Bertz CT molecular complexity index is 526. The normalized spacial score (nSPS) is 12.7. The number of alkyl carbamates (subject to hydrolysis) is 1. The van der Waals surface area contributed by atoms with Crippen LogP contribution in [0.1, 0.15) is 32.4 Å². The number of benzene rings is 1. The second kappa shape index (κ2) is 5.85. The first-order chi connectivity index (χ1) is 9.10. The van der Waals surface area contributed by atoms with Gasteiger partial charge in [0.1, 0.15) is 17.2 Å². The van der Waals surface area contributed by atoms with E-state index in [0.29, 0.717) is 6.07 Å². The van der Waals surface area contributed by atoms with Gasteiger partial charge in [-0.05, 0) is 26.8 Å². The molecule has 1 rings (SSSR count). The van der Waals surface area contributed by atoms with E-state index >= 15 is 0 Å². The Morgan fingerprint density at radius 2 is 1.90 bits per heavy atom. The van der Waals surface area contributed by atoms with Crippen molar-refractivity contribution in [1.82, 2.24) is 5.32 Å². The standard InChI is InChI=1S/C13H15F2NO4/c1-13(2,3)20-12(19)16-10(11(17)18)8-5-4-7(14)6-9(8)15/h4-6,10H,1-3H3,(H,16,19)(H,17,18)/t10-/m0/s1. The maximum Gasteiger partial charge on any atom is 0.408 e. The molecule has 7 heteroatoms. The van der Waals surface area contributed by atoms with Crippen LogP contribution in [0, 0.1) is 11.6 Å². The van der Waals surface area contributed by atoms with Crippen molar-refractivity contribution in [3.63, 3.8) is 0 Å². The van der Waals surface area contributed by atoms with E-state index in [1.165, 1.54) is 0 Å². The van der Waals surface area contributed by atoms with Crippen LogP contribution in [0.25, 0.3) is 0 Å². The Hall–Kier alpha value is -2.18. The number of nitrogens with one attached hydrogen (secondary N) is 1. The van der Waals surface area contributed by atoms with Crippen molar-refractivity contribution in [2.45, 2.75) is 32.4 Å². The first kappa shape index (κ1) is 15.9. The van der Waals surface area contributed by atoms with Gasteiger partial charge in [-0.3, -0.25) is 0 Å². The van der Waals surface area contributed by atoms with Gasteiger partial charge in [0.15, 0.2) is 6.04 Å².